The van der Waals surface area contributed by atoms with Crippen molar-refractivity contribution < 1.29 is 38.7 Å². The fourth-order valence-electron chi connectivity index (χ4n) is 9.57. The summed E-state index contributed by atoms with van der Waals surface area (Å²) in [5.74, 6) is -0.393. The number of likely N-dealkylation sites (tertiary alicyclic amines) is 2. The van der Waals surface area contributed by atoms with Crippen molar-refractivity contribution in [2.75, 3.05) is 46.3 Å². The molecule has 0 saturated carbocycles. The molecule has 2 heterocycles. The van der Waals surface area contributed by atoms with Crippen LogP contribution in [0.3, 0.4) is 0 Å². The molecule has 8 atom stereocenters. The standard InChI is InChI=1S/C51H86N8O8.C3H10N2/c1-6-36(3)34-37(4)18-12-10-8-9-11-13-23-46(62)55-38(5)19-15-31-53-48(64)44-21-16-32-58(44)51(67)43(20-14-30-52)57-47(63)42(29-26-39-24-27-40(61)28-25-39)56-49(65)45-22-17-33-59(45)50(66)41(7-2)54-35-60;1-5-3-2-4/h24-25,27-28,35-38,41-45,61H,6-23,26,29-34,52H2,1-5H3,(H,53,64)(H,54,60)(H,55,62)(H,56,65)(H,57,63);5H,2-4H2,1H3. The molecule has 0 spiro atoms. The second-order valence-electron chi connectivity index (χ2n) is 20.2. The van der Waals surface area contributed by atoms with E-state index < -0.39 is 47.9 Å². The molecule has 8 unspecified atom stereocenters. The second kappa shape index (κ2) is 37.0. The van der Waals surface area contributed by atoms with Gasteiger partial charge in [0, 0.05) is 45.2 Å². The molecule has 0 aliphatic carbocycles. The highest BCUT2D eigenvalue weighted by molar-refractivity contribution is 5.96. The second-order valence-corrected chi connectivity index (χ2v) is 20.2. The number of rotatable bonds is 35. The lowest BCUT2D eigenvalue weighted by atomic mass is 9.91. The third kappa shape index (κ3) is 24.3. The maximum Gasteiger partial charge on any atom is 0.245 e. The van der Waals surface area contributed by atoms with E-state index in [1.165, 1.54) is 60.5 Å². The number of unbranched alkanes of at least 4 members (excludes halogenated alkanes) is 5. The Morgan fingerprint density at radius 3 is 1.89 bits per heavy atom. The van der Waals surface area contributed by atoms with Crippen LogP contribution in [-0.2, 0) is 40.0 Å². The zero-order chi connectivity index (χ0) is 53.3. The van der Waals surface area contributed by atoms with Gasteiger partial charge in [-0.25, -0.2) is 0 Å². The number of phenolic OH excluding ortho intramolecular Hbond substituents is 1. The topological polar surface area (TPSA) is 270 Å². The molecule has 2 aliphatic heterocycles. The SMILES string of the molecule is CCC(C)CC(C)CCCCCCCCC(=O)NC(C)CCCNC(=O)C1CCCN1C(=O)C(CCCN)NC(=O)C(CCc1ccc(O)cc1)NC(=O)C1CCCN1C(=O)C(CC)NC=O.CNCCN. The van der Waals surface area contributed by atoms with Crippen LogP contribution in [0.15, 0.2) is 24.3 Å². The normalized spacial score (nSPS) is 17.8. The maximum absolute atomic E-state index is 14.2. The number of hydrogen-bond acceptors (Lipinski definition) is 11. The lowest BCUT2D eigenvalue weighted by Crippen LogP contribution is -2.58. The highest BCUT2D eigenvalue weighted by Crippen LogP contribution is 2.23. The number of nitrogens with two attached hydrogens (primary N) is 2. The van der Waals surface area contributed by atoms with Crippen LogP contribution in [0.25, 0.3) is 0 Å². The van der Waals surface area contributed by atoms with Crippen molar-refractivity contribution in [3.05, 3.63) is 29.8 Å². The molecular formula is C54H96N10O8. The molecule has 0 bridgehead atoms. The van der Waals surface area contributed by atoms with E-state index in [2.05, 4.69) is 52.7 Å². The third-order valence-electron chi connectivity index (χ3n) is 14.0. The molecule has 1 aromatic rings. The van der Waals surface area contributed by atoms with E-state index in [0.717, 1.165) is 49.8 Å². The first kappa shape index (κ1) is 63.3. The monoisotopic (exact) mass is 1010 g/mol. The van der Waals surface area contributed by atoms with E-state index in [1.54, 1.807) is 19.1 Å². The molecule has 1 aromatic carbocycles. The first-order valence-electron chi connectivity index (χ1n) is 27.4. The predicted octanol–water partition coefficient (Wildman–Crippen LogP) is 4.30. The van der Waals surface area contributed by atoms with E-state index in [0.29, 0.717) is 90.3 Å². The van der Waals surface area contributed by atoms with Gasteiger partial charge in [0.25, 0.3) is 0 Å². The number of hydrogen-bond donors (Lipinski definition) is 9. The van der Waals surface area contributed by atoms with Gasteiger partial charge in [-0.15, -0.1) is 0 Å². The van der Waals surface area contributed by atoms with Crippen molar-refractivity contribution in [3.63, 3.8) is 0 Å². The first-order chi connectivity index (χ1) is 34.6. The molecule has 2 fully saturated rings. The van der Waals surface area contributed by atoms with Crippen LogP contribution in [0.2, 0.25) is 0 Å². The van der Waals surface area contributed by atoms with Gasteiger partial charge in [-0.2, -0.15) is 0 Å². The van der Waals surface area contributed by atoms with Crippen LogP contribution in [0.1, 0.15) is 169 Å². The molecule has 2 saturated heterocycles. The van der Waals surface area contributed by atoms with E-state index in [-0.39, 0.29) is 48.9 Å². The Kier molecular flexibility index (Phi) is 32.5. The number of carbonyl (C=O) groups excluding carboxylic acids is 7. The van der Waals surface area contributed by atoms with Crippen molar-refractivity contribution >= 4 is 41.9 Å². The summed E-state index contributed by atoms with van der Waals surface area (Å²) >= 11 is 0. The van der Waals surface area contributed by atoms with Crippen LogP contribution in [-0.4, -0.2) is 139 Å². The zero-order valence-electron chi connectivity index (χ0n) is 45.0. The lowest BCUT2D eigenvalue weighted by molar-refractivity contribution is -0.143. The fraction of sp³-hybridized carbons (Fsp3) is 0.759. The van der Waals surface area contributed by atoms with E-state index in [9.17, 15) is 38.7 Å². The summed E-state index contributed by atoms with van der Waals surface area (Å²) in [4.78, 5) is 95.9. The fourth-order valence-corrected chi connectivity index (χ4v) is 9.57. The molecule has 410 valence electrons. The van der Waals surface area contributed by atoms with Gasteiger partial charge in [-0.1, -0.05) is 84.8 Å². The number of nitrogens with zero attached hydrogens (tertiary/aromatic N) is 2. The Balaban J connectivity index is 0.00000337. The highest BCUT2D eigenvalue weighted by atomic mass is 16.3. The number of benzene rings is 1. The van der Waals surface area contributed by atoms with Gasteiger partial charge in [-0.3, -0.25) is 33.6 Å². The number of phenols is 1. The molecule has 2 aliphatic rings. The Labute approximate surface area is 431 Å². The van der Waals surface area contributed by atoms with Crippen molar-refractivity contribution in [1.29, 1.82) is 0 Å². The Morgan fingerprint density at radius 1 is 0.681 bits per heavy atom. The number of carbonyl (C=O) groups is 7. The smallest absolute Gasteiger partial charge is 0.245 e. The average Bonchev–Trinajstić information content (AvgIpc) is 4.07. The Bertz CT molecular complexity index is 1740. The lowest BCUT2D eigenvalue weighted by Gasteiger charge is -2.31. The number of aromatic hydroxyl groups is 1. The molecule has 72 heavy (non-hydrogen) atoms. The van der Waals surface area contributed by atoms with Crippen molar-refractivity contribution in [3.8, 4) is 5.75 Å². The van der Waals surface area contributed by atoms with Crippen LogP contribution < -0.4 is 43.4 Å². The molecule has 11 N–H and O–H groups in total. The minimum atomic E-state index is -1.09. The van der Waals surface area contributed by atoms with Gasteiger partial charge in [-0.05, 0) is 134 Å². The molecule has 18 nitrogen and oxygen atoms in total. The van der Waals surface area contributed by atoms with E-state index >= 15 is 0 Å². The summed E-state index contributed by atoms with van der Waals surface area (Å²) < 4.78 is 0. The molecule has 0 aromatic heterocycles. The first-order valence-corrected chi connectivity index (χ1v) is 27.4. The number of aryl methyl sites for hydroxylation is 1. The van der Waals surface area contributed by atoms with Gasteiger partial charge in [0.1, 0.15) is 36.0 Å². The predicted molar refractivity (Wildman–Crippen MR) is 284 cm³/mol. The Hall–Kier alpha value is -4.81. The van der Waals surface area contributed by atoms with Crippen LogP contribution in [0.4, 0.5) is 0 Å². The minimum Gasteiger partial charge on any atom is -0.508 e. The molecule has 7 amide bonds. The summed E-state index contributed by atoms with van der Waals surface area (Å²) in [5, 5.41) is 27.0. The number of likely N-dealkylation sites (N-methyl/N-ethyl adjacent to an activating group) is 1. The van der Waals surface area contributed by atoms with Crippen LogP contribution in [0.5, 0.6) is 5.75 Å². The van der Waals surface area contributed by atoms with Crippen molar-refractivity contribution in [2.45, 2.75) is 206 Å². The maximum atomic E-state index is 14.2. The highest BCUT2D eigenvalue weighted by Gasteiger charge is 2.40. The summed E-state index contributed by atoms with van der Waals surface area (Å²) in [6.45, 7) is 13.7. The average molecular weight is 1010 g/mol. The Morgan fingerprint density at radius 2 is 1.31 bits per heavy atom. The van der Waals surface area contributed by atoms with E-state index in [4.69, 9.17) is 11.5 Å². The van der Waals surface area contributed by atoms with E-state index in [1.807, 2.05) is 14.0 Å². The third-order valence-corrected chi connectivity index (χ3v) is 14.0. The largest absolute Gasteiger partial charge is 0.508 e. The minimum absolute atomic E-state index is 0.0355. The number of nitrogens with one attached hydrogen (secondary N) is 6. The van der Waals surface area contributed by atoms with Crippen molar-refractivity contribution in [1.82, 2.24) is 41.7 Å². The number of amides is 7. The van der Waals surface area contributed by atoms with Crippen molar-refractivity contribution in [2.24, 2.45) is 23.3 Å². The quantitative estimate of drug-likeness (QED) is 0.0342. The van der Waals surface area contributed by atoms with Crippen LogP contribution in [0, 0.1) is 11.8 Å². The van der Waals surface area contributed by atoms with Crippen LogP contribution >= 0.6 is 0 Å². The van der Waals surface area contributed by atoms with Gasteiger partial charge in [0.2, 0.25) is 41.9 Å². The molecule has 0 radical (unpaired) electrons. The molecular weight excluding hydrogens is 917 g/mol. The molecule has 18 heteroatoms. The molecule has 3 rings (SSSR count). The zero-order valence-corrected chi connectivity index (χ0v) is 45.0. The van der Waals surface area contributed by atoms with Gasteiger partial charge >= 0.3 is 0 Å². The summed E-state index contributed by atoms with van der Waals surface area (Å²) in [6.07, 6.45) is 16.6. The summed E-state index contributed by atoms with van der Waals surface area (Å²) in [7, 11) is 1.88. The van der Waals surface area contributed by atoms with Gasteiger partial charge in [0.05, 0.1) is 0 Å². The summed E-state index contributed by atoms with van der Waals surface area (Å²) in [6, 6.07) is 2.04. The van der Waals surface area contributed by atoms with Gasteiger partial charge < -0.3 is 58.3 Å². The summed E-state index contributed by atoms with van der Waals surface area (Å²) in [5.41, 5.74) is 11.8. The van der Waals surface area contributed by atoms with Gasteiger partial charge in [0.15, 0.2) is 0 Å².